The zero-order chi connectivity index (χ0) is 13.9. The van der Waals surface area contributed by atoms with Crippen molar-refractivity contribution in [2.75, 3.05) is 23.4 Å². The normalized spacial score (nSPS) is 17.4. The zero-order valence-corrected chi connectivity index (χ0v) is 11.6. The van der Waals surface area contributed by atoms with Gasteiger partial charge in [-0.05, 0) is 30.4 Å². The highest BCUT2D eigenvalue weighted by atomic mass is 15.1. The van der Waals surface area contributed by atoms with Gasteiger partial charge in [0.05, 0.1) is 0 Å². The lowest BCUT2D eigenvalue weighted by atomic mass is 9.88. The number of rotatable bonds is 3. The second-order valence-electron chi connectivity index (χ2n) is 5.10. The number of fused-ring (bicyclic) bond motifs is 1. The average Bonchev–Trinajstić information content (AvgIpc) is 2.46. The lowest BCUT2D eigenvalue weighted by Crippen LogP contribution is -2.28. The van der Waals surface area contributed by atoms with Crippen LogP contribution in [0.15, 0.2) is 30.3 Å². The monoisotopic (exact) mass is 269 g/mol. The molecule has 0 saturated heterocycles. The number of nitrogen functional groups attached to an aromatic ring is 1. The minimum Gasteiger partial charge on any atom is -0.373 e. The van der Waals surface area contributed by atoms with Crippen molar-refractivity contribution in [2.24, 2.45) is 0 Å². The zero-order valence-electron chi connectivity index (χ0n) is 11.6. The van der Waals surface area contributed by atoms with E-state index in [1.54, 1.807) is 0 Å². The number of anilines is 3. The Kier molecular flexibility index (Phi) is 3.41. The van der Waals surface area contributed by atoms with Gasteiger partial charge in [0.1, 0.15) is 11.6 Å². The highest BCUT2D eigenvalue weighted by Crippen LogP contribution is 2.23. The molecule has 0 radical (unpaired) electrons. The molecule has 4 N–H and O–H groups in total. The Balaban J connectivity index is 1.75. The number of nitrogens with one attached hydrogen (secondary N) is 2. The van der Waals surface area contributed by atoms with Gasteiger partial charge >= 0.3 is 0 Å². The maximum Gasteiger partial charge on any atom is 0.223 e. The first-order chi connectivity index (χ1) is 9.74. The van der Waals surface area contributed by atoms with Gasteiger partial charge in [0, 0.05) is 19.2 Å². The third-order valence-corrected chi connectivity index (χ3v) is 3.70. The summed E-state index contributed by atoms with van der Waals surface area (Å²) >= 11 is 0. The minimum atomic E-state index is 0.288. The number of aromatic nitrogens is 2. The molecule has 0 saturated carbocycles. The van der Waals surface area contributed by atoms with Crippen LogP contribution < -0.4 is 16.4 Å². The van der Waals surface area contributed by atoms with E-state index in [9.17, 15) is 0 Å². The summed E-state index contributed by atoms with van der Waals surface area (Å²) in [5.41, 5.74) is 8.60. The molecule has 0 fully saturated rings. The highest BCUT2D eigenvalue weighted by Gasteiger charge is 2.18. The molecule has 2 aromatic rings. The molecule has 1 atom stereocenters. The number of benzene rings is 1. The largest absolute Gasteiger partial charge is 0.373 e. The summed E-state index contributed by atoms with van der Waals surface area (Å²) in [4.78, 5) is 8.34. The Morgan fingerprint density at radius 3 is 2.70 bits per heavy atom. The number of hydrogen-bond donors (Lipinski definition) is 3. The van der Waals surface area contributed by atoms with Crippen LogP contribution in [-0.4, -0.2) is 23.1 Å². The van der Waals surface area contributed by atoms with Gasteiger partial charge in [-0.15, -0.1) is 0 Å². The Morgan fingerprint density at radius 2 is 1.90 bits per heavy atom. The van der Waals surface area contributed by atoms with Crippen molar-refractivity contribution >= 4 is 17.6 Å². The van der Waals surface area contributed by atoms with Crippen molar-refractivity contribution in [3.05, 3.63) is 41.5 Å². The number of aryl methyl sites for hydroxylation is 1. The first kappa shape index (κ1) is 12.7. The summed E-state index contributed by atoms with van der Waals surface area (Å²) in [5, 5.41) is 6.46. The first-order valence-electron chi connectivity index (χ1n) is 6.90. The third-order valence-electron chi connectivity index (χ3n) is 3.70. The molecular weight excluding hydrogens is 250 g/mol. The molecule has 0 aliphatic heterocycles. The van der Waals surface area contributed by atoms with Crippen LogP contribution in [0, 0.1) is 0 Å². The minimum absolute atomic E-state index is 0.288. The summed E-state index contributed by atoms with van der Waals surface area (Å²) in [5.74, 6) is 1.80. The van der Waals surface area contributed by atoms with Crippen molar-refractivity contribution in [2.45, 2.75) is 25.3 Å². The molecule has 1 aromatic heterocycles. The molecule has 5 heteroatoms. The van der Waals surface area contributed by atoms with E-state index in [0.29, 0.717) is 6.04 Å². The third kappa shape index (κ3) is 2.66. The van der Waals surface area contributed by atoms with Crippen molar-refractivity contribution in [1.82, 2.24) is 9.97 Å². The van der Waals surface area contributed by atoms with Crippen molar-refractivity contribution in [1.29, 1.82) is 0 Å². The summed E-state index contributed by atoms with van der Waals surface area (Å²) in [6, 6.07) is 10.9. The lowest BCUT2D eigenvalue weighted by Gasteiger charge is -2.26. The molecule has 0 spiro atoms. The van der Waals surface area contributed by atoms with E-state index >= 15 is 0 Å². The fourth-order valence-electron chi connectivity index (χ4n) is 2.70. The fraction of sp³-hybridized carbons (Fsp3) is 0.333. The van der Waals surface area contributed by atoms with Gasteiger partial charge in [0.2, 0.25) is 5.95 Å². The number of hydrogen-bond acceptors (Lipinski definition) is 5. The van der Waals surface area contributed by atoms with E-state index in [-0.39, 0.29) is 5.95 Å². The van der Waals surface area contributed by atoms with E-state index in [2.05, 4.69) is 44.9 Å². The van der Waals surface area contributed by atoms with Gasteiger partial charge in [-0.3, -0.25) is 0 Å². The molecule has 104 valence electrons. The van der Waals surface area contributed by atoms with Gasteiger partial charge in [0.25, 0.3) is 0 Å². The standard InChI is InChI=1S/C15H19N5/c1-17-13-9-14(20-15(16)19-13)18-12-7-6-10-4-2-3-5-11(10)8-12/h2-5,9,12H,6-8H2,1H3,(H4,16,17,18,19,20). The van der Waals surface area contributed by atoms with Crippen molar-refractivity contribution in [3.63, 3.8) is 0 Å². The molecule has 3 rings (SSSR count). The predicted octanol–water partition coefficient (Wildman–Crippen LogP) is 2.07. The van der Waals surface area contributed by atoms with Crippen LogP contribution in [-0.2, 0) is 12.8 Å². The van der Waals surface area contributed by atoms with Crippen molar-refractivity contribution < 1.29 is 0 Å². The Bertz CT molecular complexity index is 611. The van der Waals surface area contributed by atoms with E-state index in [4.69, 9.17) is 5.73 Å². The molecule has 1 aliphatic carbocycles. The molecule has 0 bridgehead atoms. The predicted molar refractivity (Wildman–Crippen MR) is 81.9 cm³/mol. The van der Waals surface area contributed by atoms with Crippen LogP contribution in [0.5, 0.6) is 0 Å². The van der Waals surface area contributed by atoms with E-state index in [1.165, 1.54) is 11.1 Å². The first-order valence-corrected chi connectivity index (χ1v) is 6.90. The van der Waals surface area contributed by atoms with Gasteiger partial charge < -0.3 is 16.4 Å². The van der Waals surface area contributed by atoms with Gasteiger partial charge in [-0.1, -0.05) is 24.3 Å². The summed E-state index contributed by atoms with van der Waals surface area (Å²) < 4.78 is 0. The van der Waals surface area contributed by atoms with Crippen LogP contribution in [0.2, 0.25) is 0 Å². The number of nitrogens with two attached hydrogens (primary N) is 1. The van der Waals surface area contributed by atoms with E-state index in [1.807, 2.05) is 13.1 Å². The molecule has 1 aromatic carbocycles. The smallest absolute Gasteiger partial charge is 0.223 e. The topological polar surface area (TPSA) is 75.9 Å². The molecule has 5 nitrogen and oxygen atoms in total. The second kappa shape index (κ2) is 5.36. The number of nitrogens with zero attached hydrogens (tertiary/aromatic N) is 2. The van der Waals surface area contributed by atoms with Crippen LogP contribution in [0.1, 0.15) is 17.5 Å². The van der Waals surface area contributed by atoms with Crippen molar-refractivity contribution in [3.8, 4) is 0 Å². The summed E-state index contributed by atoms with van der Waals surface area (Å²) in [7, 11) is 1.82. The van der Waals surface area contributed by atoms with E-state index < -0.39 is 0 Å². The lowest BCUT2D eigenvalue weighted by molar-refractivity contribution is 0.609. The average molecular weight is 269 g/mol. The van der Waals surface area contributed by atoms with Crippen LogP contribution >= 0.6 is 0 Å². The molecule has 1 aliphatic rings. The SMILES string of the molecule is CNc1cc(NC2CCc3ccccc3C2)nc(N)n1. The highest BCUT2D eigenvalue weighted by molar-refractivity contribution is 5.51. The summed E-state index contributed by atoms with van der Waals surface area (Å²) in [6.45, 7) is 0. The maximum absolute atomic E-state index is 5.71. The van der Waals surface area contributed by atoms with E-state index in [0.717, 1.165) is 30.9 Å². The summed E-state index contributed by atoms with van der Waals surface area (Å²) in [6.07, 6.45) is 3.23. The Labute approximate surface area is 118 Å². The quantitative estimate of drug-likeness (QED) is 0.795. The molecular formula is C15H19N5. The van der Waals surface area contributed by atoms with Gasteiger partial charge in [0.15, 0.2) is 0 Å². The molecule has 20 heavy (non-hydrogen) atoms. The molecule has 1 unspecified atom stereocenters. The second-order valence-corrected chi connectivity index (χ2v) is 5.10. The Morgan fingerprint density at radius 1 is 1.15 bits per heavy atom. The van der Waals surface area contributed by atoms with Gasteiger partial charge in [-0.2, -0.15) is 9.97 Å². The maximum atomic E-state index is 5.71. The molecule has 0 amide bonds. The van der Waals surface area contributed by atoms with Crippen LogP contribution in [0.4, 0.5) is 17.6 Å². The Hall–Kier alpha value is -2.30. The van der Waals surface area contributed by atoms with Crippen LogP contribution in [0.25, 0.3) is 0 Å². The van der Waals surface area contributed by atoms with Gasteiger partial charge in [-0.25, -0.2) is 0 Å². The van der Waals surface area contributed by atoms with Crippen LogP contribution in [0.3, 0.4) is 0 Å². The molecule has 1 heterocycles. The fourth-order valence-corrected chi connectivity index (χ4v) is 2.70.